The molecule has 0 spiro atoms. The van der Waals surface area contributed by atoms with Crippen LogP contribution < -0.4 is 0 Å². The van der Waals surface area contributed by atoms with Crippen LogP contribution in [0.15, 0.2) is 0 Å². The second-order valence-corrected chi connectivity index (χ2v) is 4.44. The highest BCUT2D eigenvalue weighted by Gasteiger charge is 2.28. The minimum atomic E-state index is -1.18. The van der Waals surface area contributed by atoms with Crippen LogP contribution in [0.2, 0.25) is 0 Å². The molecule has 2 aliphatic heterocycles. The van der Waals surface area contributed by atoms with Crippen molar-refractivity contribution in [2.24, 2.45) is 0 Å². The van der Waals surface area contributed by atoms with E-state index in [-0.39, 0.29) is 0 Å². The second-order valence-electron chi connectivity index (χ2n) is 1.86. The van der Waals surface area contributed by atoms with Crippen LogP contribution >= 0.6 is 17.2 Å². The van der Waals surface area contributed by atoms with Gasteiger partial charge in [-0.2, -0.15) is 0 Å². The molecule has 2 heterocycles. The Kier molecular flexibility index (Phi) is 3.05. The van der Waals surface area contributed by atoms with Crippen molar-refractivity contribution in [3.63, 3.8) is 0 Å². The molecule has 0 unspecified atom stereocenters. The first-order valence-electron chi connectivity index (χ1n) is 3.25. The lowest BCUT2D eigenvalue weighted by atomic mass is 10.8. The summed E-state index contributed by atoms with van der Waals surface area (Å²) < 4.78 is 25.6. The fourth-order valence-electron chi connectivity index (χ4n) is 0.670. The summed E-state index contributed by atoms with van der Waals surface area (Å²) in [6.07, 6.45) is 0. The molecule has 7 heteroatoms. The van der Waals surface area contributed by atoms with E-state index in [1.54, 1.807) is 0 Å². The Hall–Kier alpha value is 0.660. The highest BCUT2D eigenvalue weighted by Crippen LogP contribution is 2.58. The van der Waals surface area contributed by atoms with Gasteiger partial charge < -0.3 is 18.1 Å². The molecule has 0 bridgehead atoms. The molecule has 0 aromatic heterocycles. The average molecular weight is 198 g/mol. The Bertz CT molecular complexity index is 108. The standard InChI is InChI=1S/C4H8O5P2/c1-2-6-10(5-1)9-11-7-3-4-8-11/h1-4H2. The van der Waals surface area contributed by atoms with Crippen molar-refractivity contribution in [3.8, 4) is 0 Å². The number of rotatable bonds is 2. The van der Waals surface area contributed by atoms with Gasteiger partial charge in [-0.25, -0.2) is 4.31 Å². The van der Waals surface area contributed by atoms with Crippen molar-refractivity contribution in [3.05, 3.63) is 0 Å². The maximum absolute atomic E-state index is 5.21. The molecule has 0 amide bonds. The van der Waals surface area contributed by atoms with Gasteiger partial charge >= 0.3 is 17.2 Å². The monoisotopic (exact) mass is 198 g/mol. The van der Waals surface area contributed by atoms with E-state index in [1.165, 1.54) is 0 Å². The molecule has 2 aliphatic rings. The molecule has 0 atom stereocenters. The summed E-state index contributed by atoms with van der Waals surface area (Å²) in [6, 6.07) is 0. The van der Waals surface area contributed by atoms with Gasteiger partial charge in [0, 0.05) is 0 Å². The Morgan fingerprint density at radius 1 is 0.727 bits per heavy atom. The molecule has 0 N–H and O–H groups in total. The van der Waals surface area contributed by atoms with Gasteiger partial charge in [0.1, 0.15) is 0 Å². The minimum Gasteiger partial charge on any atom is -0.310 e. The Morgan fingerprint density at radius 3 is 1.45 bits per heavy atom. The van der Waals surface area contributed by atoms with Gasteiger partial charge in [0.2, 0.25) is 0 Å². The molecule has 2 saturated heterocycles. The molecule has 0 aliphatic carbocycles. The topological polar surface area (TPSA) is 46.2 Å². The van der Waals surface area contributed by atoms with E-state index in [9.17, 15) is 0 Å². The third kappa shape index (κ3) is 2.30. The van der Waals surface area contributed by atoms with Gasteiger partial charge in [0.15, 0.2) is 0 Å². The molecule has 5 nitrogen and oxygen atoms in total. The van der Waals surface area contributed by atoms with E-state index >= 15 is 0 Å². The maximum Gasteiger partial charge on any atom is 0.340 e. The first-order chi connectivity index (χ1) is 5.45. The van der Waals surface area contributed by atoms with Gasteiger partial charge in [0.05, 0.1) is 26.4 Å². The third-order valence-electron chi connectivity index (χ3n) is 1.09. The van der Waals surface area contributed by atoms with E-state index in [0.29, 0.717) is 26.4 Å². The largest absolute Gasteiger partial charge is 0.340 e. The molecular formula is C4H8O5P2. The lowest BCUT2D eigenvalue weighted by Gasteiger charge is -2.09. The van der Waals surface area contributed by atoms with E-state index < -0.39 is 17.2 Å². The van der Waals surface area contributed by atoms with Crippen molar-refractivity contribution >= 4 is 17.2 Å². The lowest BCUT2D eigenvalue weighted by Crippen LogP contribution is -1.79. The van der Waals surface area contributed by atoms with Crippen LogP contribution in [0.25, 0.3) is 0 Å². The first kappa shape index (κ1) is 8.27. The first-order valence-corrected chi connectivity index (χ1v) is 5.44. The molecular weight excluding hydrogens is 190 g/mol. The maximum atomic E-state index is 5.21. The van der Waals surface area contributed by atoms with Gasteiger partial charge in [0.25, 0.3) is 0 Å². The summed E-state index contributed by atoms with van der Waals surface area (Å²) in [4.78, 5) is 0. The van der Waals surface area contributed by atoms with Crippen LogP contribution in [-0.4, -0.2) is 26.4 Å². The molecule has 11 heavy (non-hydrogen) atoms. The zero-order chi connectivity index (χ0) is 7.52. The molecule has 0 aromatic rings. The summed E-state index contributed by atoms with van der Waals surface area (Å²) >= 11 is 0. The molecule has 0 radical (unpaired) electrons. The van der Waals surface area contributed by atoms with Crippen LogP contribution in [0, 0.1) is 0 Å². The zero-order valence-corrected chi connectivity index (χ0v) is 7.55. The number of hydrogen-bond donors (Lipinski definition) is 0. The Balaban J connectivity index is 1.71. The molecule has 0 saturated carbocycles. The van der Waals surface area contributed by atoms with Crippen molar-refractivity contribution in [2.45, 2.75) is 0 Å². The van der Waals surface area contributed by atoms with E-state index in [4.69, 9.17) is 22.4 Å². The zero-order valence-electron chi connectivity index (χ0n) is 5.76. The predicted molar refractivity (Wildman–Crippen MR) is 38.7 cm³/mol. The van der Waals surface area contributed by atoms with Gasteiger partial charge in [-0.3, -0.25) is 0 Å². The Labute approximate surface area is 66.9 Å². The molecule has 64 valence electrons. The summed E-state index contributed by atoms with van der Waals surface area (Å²) in [5.74, 6) is 0. The van der Waals surface area contributed by atoms with Gasteiger partial charge in [-0.1, -0.05) is 0 Å². The number of hydrogen-bond acceptors (Lipinski definition) is 5. The van der Waals surface area contributed by atoms with E-state index in [1.807, 2.05) is 0 Å². The highest BCUT2D eigenvalue weighted by atomic mass is 31.2. The average Bonchev–Trinajstić information content (AvgIpc) is 2.60. The smallest absolute Gasteiger partial charge is 0.310 e. The third-order valence-corrected chi connectivity index (χ3v) is 3.73. The van der Waals surface area contributed by atoms with Gasteiger partial charge in [-0.15, -0.1) is 0 Å². The second kappa shape index (κ2) is 4.06. The predicted octanol–water partition coefficient (Wildman–Crippen LogP) is 1.55. The van der Waals surface area contributed by atoms with Crippen LogP contribution in [0.3, 0.4) is 0 Å². The van der Waals surface area contributed by atoms with Crippen LogP contribution in [0.5, 0.6) is 0 Å². The SMILES string of the molecule is C1COP(OP2OCCO2)O1. The summed E-state index contributed by atoms with van der Waals surface area (Å²) in [5, 5.41) is 0. The van der Waals surface area contributed by atoms with Crippen LogP contribution in [0.1, 0.15) is 0 Å². The molecule has 2 fully saturated rings. The van der Waals surface area contributed by atoms with Crippen molar-refractivity contribution in [1.29, 1.82) is 0 Å². The normalized spacial score (nSPS) is 28.4. The highest BCUT2D eigenvalue weighted by molar-refractivity contribution is 7.55. The quantitative estimate of drug-likeness (QED) is 0.630. The fourth-order valence-corrected chi connectivity index (χ4v) is 2.90. The van der Waals surface area contributed by atoms with E-state index in [0.717, 1.165) is 0 Å². The lowest BCUT2D eigenvalue weighted by molar-refractivity contribution is 0.304. The summed E-state index contributed by atoms with van der Waals surface area (Å²) in [6.45, 7) is 2.42. The molecule has 2 rings (SSSR count). The molecule has 0 aromatic carbocycles. The van der Waals surface area contributed by atoms with Crippen LogP contribution in [-0.2, 0) is 22.4 Å². The minimum absolute atomic E-state index is 0.606. The summed E-state index contributed by atoms with van der Waals surface area (Å²) in [5.41, 5.74) is 0. The fraction of sp³-hybridized carbons (Fsp3) is 1.00. The van der Waals surface area contributed by atoms with Crippen LogP contribution in [0.4, 0.5) is 0 Å². The van der Waals surface area contributed by atoms with Crippen molar-refractivity contribution in [2.75, 3.05) is 26.4 Å². The van der Waals surface area contributed by atoms with Crippen molar-refractivity contribution < 1.29 is 22.4 Å². The van der Waals surface area contributed by atoms with E-state index in [2.05, 4.69) is 0 Å². The van der Waals surface area contributed by atoms with Gasteiger partial charge in [-0.05, 0) is 0 Å². The summed E-state index contributed by atoms with van der Waals surface area (Å²) in [7, 11) is -2.35. The van der Waals surface area contributed by atoms with Crippen molar-refractivity contribution in [1.82, 2.24) is 0 Å². The Morgan fingerprint density at radius 2 is 1.09 bits per heavy atom.